The topological polar surface area (TPSA) is 117 Å². The molecule has 1 N–H and O–H groups in total. The van der Waals surface area contributed by atoms with E-state index < -0.39 is 40.1 Å². The van der Waals surface area contributed by atoms with E-state index in [0.717, 1.165) is 18.2 Å². The molecular weight excluding hydrogens is 1020 g/mol. The van der Waals surface area contributed by atoms with Crippen LogP contribution in [-0.2, 0) is 22.0 Å². The summed E-state index contributed by atoms with van der Waals surface area (Å²) in [5.74, 6) is -0.630. The Morgan fingerprint density at radius 3 is 1.50 bits per heavy atom. The number of alkyl halides is 8. The highest BCUT2D eigenvalue weighted by Gasteiger charge is 2.33. The third-order valence-electron chi connectivity index (χ3n) is 8.30. The number of pyridine rings is 2. The van der Waals surface area contributed by atoms with Crippen LogP contribution in [0.5, 0.6) is 23.3 Å². The molecule has 64 heavy (non-hydrogen) atoms. The Balaban J connectivity index is 0.000000297. The van der Waals surface area contributed by atoms with Gasteiger partial charge in [0.2, 0.25) is 11.8 Å². The standard InChI is InChI=1S/C19H17ClF4N2O3.C18H15ClF4N2O3.CH2Cl2.BCl3/c1-27-12-4-5-16(21)14(8-12)17-9-13(29-26-17)3-2-6-28-18-15(20)7-11(10-25-18)19(22,23)24;19-14-6-10(18(21,22)23)9-24-17(14)27-5-1-2-12-8-16(25-28-12)13-7-11(26)3-4-15(13)20;2-1-3;2-1(3)4/h4-5,7-8,10,13H,2-3,6,9H2,1H3;3-4,6-7,9,12,26H,1-2,5,8H2;1H2;. The molecule has 2 aromatic heterocycles. The highest BCUT2D eigenvalue weighted by molar-refractivity contribution is 7.54. The number of rotatable bonds is 13. The average Bonchev–Trinajstić information content (AvgIpc) is 3.90. The first kappa shape index (κ1) is 54.7. The van der Waals surface area contributed by atoms with E-state index in [-0.39, 0.29) is 63.9 Å². The monoisotopic (exact) mass is 1050 g/mol. The smallest absolute Gasteiger partial charge is 0.450 e. The normalized spacial score (nSPS) is 15.4. The van der Waals surface area contributed by atoms with Crippen LogP contribution in [0.1, 0.15) is 60.8 Å². The maximum atomic E-state index is 14.0. The lowest BCUT2D eigenvalue weighted by atomic mass is 10.0. The first-order valence-electron chi connectivity index (χ1n) is 18.2. The lowest BCUT2D eigenvalue weighted by Gasteiger charge is -2.11. The summed E-state index contributed by atoms with van der Waals surface area (Å²) in [4.78, 5) is 17.0. The third-order valence-corrected chi connectivity index (χ3v) is 8.84. The minimum atomic E-state index is -4.53. The number of nitrogens with zero attached hydrogens (tertiary/aromatic N) is 4. The van der Waals surface area contributed by atoms with Crippen molar-refractivity contribution in [1.29, 1.82) is 0 Å². The predicted molar refractivity (Wildman–Crippen MR) is 231 cm³/mol. The molecule has 0 bridgehead atoms. The van der Waals surface area contributed by atoms with E-state index in [0.29, 0.717) is 73.7 Å². The number of phenols is 1. The molecule has 26 heteroatoms. The highest BCUT2D eigenvalue weighted by atomic mass is 35.6. The van der Waals surface area contributed by atoms with Gasteiger partial charge in [0.15, 0.2) is 0 Å². The van der Waals surface area contributed by atoms with E-state index >= 15 is 0 Å². The Bertz CT molecular complexity index is 2180. The molecule has 350 valence electrons. The van der Waals surface area contributed by atoms with Crippen LogP contribution >= 0.6 is 80.8 Å². The predicted octanol–water partition coefficient (Wildman–Crippen LogP) is 13.3. The first-order chi connectivity index (χ1) is 30.2. The summed E-state index contributed by atoms with van der Waals surface area (Å²) in [6.45, 7) is 0.342. The van der Waals surface area contributed by atoms with E-state index in [9.17, 15) is 40.2 Å². The number of hydrogen-bond acceptors (Lipinski definition) is 10. The molecule has 0 radical (unpaired) electrons. The number of hydrogen-bond donors (Lipinski definition) is 1. The molecule has 2 unspecified atom stereocenters. The van der Waals surface area contributed by atoms with Crippen LogP contribution in [-0.4, -0.2) is 69.3 Å². The molecule has 4 aromatic rings. The third kappa shape index (κ3) is 18.4. The zero-order chi connectivity index (χ0) is 47.6. The Kier molecular flexibility index (Phi) is 22.7. The van der Waals surface area contributed by atoms with Gasteiger partial charge in [0, 0.05) is 36.4 Å². The largest absolute Gasteiger partial charge is 0.508 e. The van der Waals surface area contributed by atoms with E-state index in [2.05, 4.69) is 20.3 Å². The Morgan fingerprint density at radius 2 is 1.11 bits per heavy atom. The zero-order valence-corrected chi connectivity index (χ0v) is 38.1. The quantitative estimate of drug-likeness (QED) is 0.0609. The van der Waals surface area contributed by atoms with Crippen LogP contribution in [0.4, 0.5) is 35.1 Å². The van der Waals surface area contributed by atoms with Gasteiger partial charge in [-0.2, -0.15) is 60.7 Å². The second-order valence-corrected chi connectivity index (χ2v) is 16.4. The summed E-state index contributed by atoms with van der Waals surface area (Å²) in [6, 6.07) is 9.58. The molecule has 2 aliphatic rings. The van der Waals surface area contributed by atoms with Gasteiger partial charge in [-0.05, 0) is 74.2 Å². The van der Waals surface area contributed by atoms with Crippen molar-refractivity contribution in [1.82, 2.24) is 9.97 Å². The molecule has 0 amide bonds. The van der Waals surface area contributed by atoms with Gasteiger partial charge in [0.1, 0.15) is 45.4 Å². The van der Waals surface area contributed by atoms with Crippen molar-refractivity contribution in [2.24, 2.45) is 10.3 Å². The van der Waals surface area contributed by atoms with Crippen molar-refractivity contribution in [3.8, 4) is 23.3 Å². The lowest BCUT2D eigenvalue weighted by Crippen LogP contribution is -2.12. The maximum Gasteiger partial charge on any atom is 0.450 e. The van der Waals surface area contributed by atoms with Gasteiger partial charge in [-0.1, -0.05) is 33.5 Å². The van der Waals surface area contributed by atoms with Gasteiger partial charge < -0.3 is 29.0 Å². The fourth-order valence-corrected chi connectivity index (χ4v) is 5.85. The summed E-state index contributed by atoms with van der Waals surface area (Å²) in [5, 5.41) is 17.0. The number of oxime groups is 2. The highest BCUT2D eigenvalue weighted by Crippen LogP contribution is 2.35. The molecule has 0 aliphatic carbocycles. The van der Waals surface area contributed by atoms with Gasteiger partial charge in [0.05, 0.1) is 48.2 Å². The number of methoxy groups -OCH3 is 1. The minimum Gasteiger partial charge on any atom is -0.508 e. The number of halogens is 15. The minimum absolute atomic E-state index is 0.0672. The van der Waals surface area contributed by atoms with Crippen molar-refractivity contribution in [3.63, 3.8) is 0 Å². The SMILES string of the molecule is COc1ccc(F)c(C2=NOC(CCCOc3ncc(C(F)(F)F)cc3Cl)C2)c1.ClB(Cl)Cl.ClCCl.Oc1ccc(F)c(C2=NOC(CCCOc3ncc(C(F)(F)F)cc3Cl)C2)c1. The lowest BCUT2D eigenvalue weighted by molar-refractivity contribution is -0.138. The summed E-state index contributed by atoms with van der Waals surface area (Å²) in [6.07, 6.45) is -5.40. The number of ether oxygens (including phenoxy) is 3. The summed E-state index contributed by atoms with van der Waals surface area (Å²) in [5.41, 5.74) is -0.508. The average molecular weight is 1050 g/mol. The number of aromatic hydroxyl groups is 1. The molecule has 0 spiro atoms. The van der Waals surface area contributed by atoms with Crippen LogP contribution < -0.4 is 14.2 Å². The molecule has 10 nitrogen and oxygen atoms in total. The molecule has 0 saturated carbocycles. The van der Waals surface area contributed by atoms with E-state index in [1.165, 1.54) is 31.4 Å². The number of phenolic OH excluding ortho intramolecular Hbond substituents is 1. The number of aromatic nitrogens is 2. The van der Waals surface area contributed by atoms with Crippen molar-refractivity contribution < 1.29 is 64.1 Å². The fourth-order valence-electron chi connectivity index (χ4n) is 5.40. The van der Waals surface area contributed by atoms with Crippen LogP contribution in [0.3, 0.4) is 0 Å². The van der Waals surface area contributed by atoms with Gasteiger partial charge in [0.25, 0.3) is 0 Å². The second-order valence-electron chi connectivity index (χ2n) is 12.8. The van der Waals surface area contributed by atoms with Crippen LogP contribution in [0, 0.1) is 11.6 Å². The maximum absolute atomic E-state index is 14.0. The van der Waals surface area contributed by atoms with Crippen molar-refractivity contribution >= 4 is 97.2 Å². The molecule has 6 rings (SSSR count). The zero-order valence-electron chi connectivity index (χ0n) is 32.8. The Hall–Kier alpha value is -3.59. The number of benzene rings is 2. The Morgan fingerprint density at radius 1 is 0.703 bits per heavy atom. The molecule has 2 aromatic carbocycles. The van der Waals surface area contributed by atoms with Crippen LogP contribution in [0.25, 0.3) is 0 Å². The van der Waals surface area contributed by atoms with Crippen LogP contribution in [0.2, 0.25) is 10.0 Å². The summed E-state index contributed by atoms with van der Waals surface area (Å²) >= 11 is 35.5. The molecule has 0 saturated heterocycles. The Labute approximate surface area is 396 Å². The summed E-state index contributed by atoms with van der Waals surface area (Å²) in [7, 11) is 1.49. The molecular formula is C38H34BCl7F8N4O6. The molecule has 0 fully saturated rings. The van der Waals surface area contributed by atoms with Crippen LogP contribution in [0.15, 0.2) is 71.2 Å². The van der Waals surface area contributed by atoms with Gasteiger partial charge >= 0.3 is 17.3 Å². The first-order valence-corrected chi connectivity index (χ1v) is 21.3. The van der Waals surface area contributed by atoms with Gasteiger partial charge in [-0.15, -0.1) is 23.2 Å². The van der Waals surface area contributed by atoms with Gasteiger partial charge in [-0.3, -0.25) is 0 Å². The molecule has 4 heterocycles. The van der Waals surface area contributed by atoms with E-state index in [1.807, 2.05) is 0 Å². The van der Waals surface area contributed by atoms with Crippen molar-refractivity contribution in [2.45, 2.75) is 63.1 Å². The molecule has 2 aliphatic heterocycles. The summed E-state index contributed by atoms with van der Waals surface area (Å²) < 4.78 is 119. The van der Waals surface area contributed by atoms with E-state index in [4.69, 9.17) is 105 Å². The van der Waals surface area contributed by atoms with Crippen molar-refractivity contribution in [2.75, 3.05) is 25.7 Å². The second kappa shape index (κ2) is 26.5. The van der Waals surface area contributed by atoms with Gasteiger partial charge in [-0.25, -0.2) is 18.7 Å². The van der Waals surface area contributed by atoms with E-state index in [1.54, 1.807) is 6.07 Å². The van der Waals surface area contributed by atoms with Crippen molar-refractivity contribution in [3.05, 3.63) is 105 Å². The molecule has 2 atom stereocenters. The fraction of sp³-hybridized carbons (Fsp3) is 0.368.